The maximum absolute atomic E-state index is 12.8. The Morgan fingerprint density at radius 1 is 1.21 bits per heavy atom. The minimum absolute atomic E-state index is 0.162. The molecular formula is C20H21ClN4O2S. The van der Waals surface area contributed by atoms with Crippen LogP contribution in [-0.2, 0) is 4.79 Å². The molecule has 1 heterocycles. The number of nitrogens with zero attached hydrogens (tertiary/aromatic N) is 3. The molecule has 3 rings (SSSR count). The second-order valence-electron chi connectivity index (χ2n) is 6.25. The van der Waals surface area contributed by atoms with E-state index in [0.717, 1.165) is 17.1 Å². The van der Waals surface area contributed by atoms with Crippen molar-refractivity contribution < 1.29 is 9.53 Å². The van der Waals surface area contributed by atoms with E-state index in [9.17, 15) is 4.79 Å². The molecule has 8 heteroatoms. The van der Waals surface area contributed by atoms with Gasteiger partial charge in [-0.1, -0.05) is 41.6 Å². The molecule has 0 fully saturated rings. The summed E-state index contributed by atoms with van der Waals surface area (Å²) in [5, 5.41) is 12.2. The van der Waals surface area contributed by atoms with Crippen molar-refractivity contribution in [3.63, 3.8) is 0 Å². The summed E-state index contributed by atoms with van der Waals surface area (Å²) in [4.78, 5) is 12.8. The lowest BCUT2D eigenvalue weighted by atomic mass is 10.2. The number of methoxy groups -OCH3 is 1. The molecule has 1 atom stereocenters. The monoisotopic (exact) mass is 416 g/mol. The first-order valence-corrected chi connectivity index (χ1v) is 9.95. The van der Waals surface area contributed by atoms with Gasteiger partial charge in [0.05, 0.1) is 18.0 Å². The van der Waals surface area contributed by atoms with Gasteiger partial charge in [-0.05, 0) is 44.5 Å². The van der Waals surface area contributed by atoms with Crippen LogP contribution in [0.5, 0.6) is 5.75 Å². The fourth-order valence-electron chi connectivity index (χ4n) is 2.67. The number of halogens is 1. The number of carbonyl (C=O) groups is 1. The third-order valence-corrected chi connectivity index (χ3v) is 5.65. The Morgan fingerprint density at radius 2 is 1.93 bits per heavy atom. The number of amides is 1. The van der Waals surface area contributed by atoms with Crippen molar-refractivity contribution in [2.24, 2.45) is 0 Å². The summed E-state index contributed by atoms with van der Waals surface area (Å²) in [6, 6.07) is 13.3. The molecule has 1 aromatic heterocycles. The predicted molar refractivity (Wildman–Crippen MR) is 113 cm³/mol. The number of aromatic nitrogens is 3. The lowest BCUT2D eigenvalue weighted by molar-refractivity contribution is -0.115. The van der Waals surface area contributed by atoms with Crippen molar-refractivity contribution in [2.75, 3.05) is 12.4 Å². The van der Waals surface area contributed by atoms with Gasteiger partial charge in [-0.2, -0.15) is 0 Å². The molecule has 3 aromatic rings. The van der Waals surface area contributed by atoms with Crippen LogP contribution in [0.25, 0.3) is 5.69 Å². The topological polar surface area (TPSA) is 69.0 Å². The summed E-state index contributed by atoms with van der Waals surface area (Å²) in [5.74, 6) is 1.12. The number of thioether (sulfide) groups is 1. The molecule has 0 unspecified atom stereocenters. The standard InChI is InChI=1S/C20H21ClN4O2S/c1-12-10-17(18(27-4)11-16(12)21)22-19(26)13(2)28-20-24-23-14(3)25(20)15-8-6-5-7-9-15/h5-11,13H,1-4H3,(H,22,26)/t13-/m0/s1. The second kappa shape index (κ2) is 8.67. The number of aryl methyl sites for hydroxylation is 2. The minimum Gasteiger partial charge on any atom is -0.495 e. The Kier molecular flexibility index (Phi) is 6.26. The third kappa shape index (κ3) is 4.31. The van der Waals surface area contributed by atoms with Crippen LogP contribution in [0, 0.1) is 13.8 Å². The van der Waals surface area contributed by atoms with Crippen molar-refractivity contribution in [2.45, 2.75) is 31.2 Å². The van der Waals surface area contributed by atoms with Crippen LogP contribution in [0.1, 0.15) is 18.3 Å². The number of benzene rings is 2. The molecule has 0 radical (unpaired) electrons. The number of ether oxygens (including phenoxy) is 1. The first-order chi connectivity index (χ1) is 13.4. The van der Waals surface area contributed by atoms with Crippen molar-refractivity contribution in [3.05, 3.63) is 58.9 Å². The number of nitrogens with one attached hydrogen (secondary N) is 1. The van der Waals surface area contributed by atoms with Crippen molar-refractivity contribution in [1.29, 1.82) is 0 Å². The molecule has 0 aliphatic heterocycles. The van der Waals surface area contributed by atoms with E-state index in [4.69, 9.17) is 16.3 Å². The molecule has 6 nitrogen and oxygen atoms in total. The average molecular weight is 417 g/mol. The molecule has 1 N–H and O–H groups in total. The Morgan fingerprint density at radius 3 is 2.61 bits per heavy atom. The summed E-state index contributed by atoms with van der Waals surface area (Å²) in [7, 11) is 1.54. The van der Waals surface area contributed by atoms with E-state index in [1.165, 1.54) is 11.8 Å². The quantitative estimate of drug-likeness (QED) is 0.591. The van der Waals surface area contributed by atoms with Crippen LogP contribution in [0.4, 0.5) is 5.69 Å². The molecule has 0 spiro atoms. The van der Waals surface area contributed by atoms with Gasteiger partial charge in [0.15, 0.2) is 5.16 Å². The SMILES string of the molecule is COc1cc(Cl)c(C)cc1NC(=O)[C@H](C)Sc1nnc(C)n1-c1ccccc1. The zero-order valence-electron chi connectivity index (χ0n) is 16.1. The van der Waals surface area contributed by atoms with E-state index < -0.39 is 5.25 Å². The van der Waals surface area contributed by atoms with E-state index >= 15 is 0 Å². The molecule has 1 amide bonds. The smallest absolute Gasteiger partial charge is 0.237 e. The molecule has 0 saturated heterocycles. The van der Waals surface area contributed by atoms with Gasteiger partial charge in [-0.15, -0.1) is 10.2 Å². The molecule has 0 bridgehead atoms. The molecule has 28 heavy (non-hydrogen) atoms. The summed E-state index contributed by atoms with van der Waals surface area (Å²) in [5.41, 5.74) is 2.40. The van der Waals surface area contributed by atoms with Gasteiger partial charge >= 0.3 is 0 Å². The fourth-order valence-corrected chi connectivity index (χ4v) is 3.74. The lowest BCUT2D eigenvalue weighted by Crippen LogP contribution is -2.23. The molecular weight excluding hydrogens is 396 g/mol. The normalized spacial score (nSPS) is 11.9. The van der Waals surface area contributed by atoms with Crippen molar-refractivity contribution in [3.8, 4) is 11.4 Å². The van der Waals surface area contributed by atoms with Gasteiger partial charge < -0.3 is 10.1 Å². The van der Waals surface area contributed by atoms with Crippen LogP contribution in [0.2, 0.25) is 5.02 Å². The van der Waals surface area contributed by atoms with Crippen molar-refractivity contribution >= 4 is 35.0 Å². The second-order valence-corrected chi connectivity index (χ2v) is 7.97. The van der Waals surface area contributed by atoms with E-state index in [1.807, 2.05) is 55.7 Å². The first-order valence-electron chi connectivity index (χ1n) is 8.69. The fraction of sp³-hybridized carbons (Fsp3) is 0.250. The molecule has 0 aliphatic rings. The predicted octanol–water partition coefficient (Wildman–Crippen LogP) is 4.67. The Labute approximate surface area is 173 Å². The molecule has 0 aliphatic carbocycles. The Bertz CT molecular complexity index is 991. The summed E-state index contributed by atoms with van der Waals surface area (Å²) >= 11 is 7.48. The highest BCUT2D eigenvalue weighted by atomic mass is 35.5. The summed E-state index contributed by atoms with van der Waals surface area (Å²) in [6.07, 6.45) is 0. The molecule has 2 aromatic carbocycles. The van der Waals surface area contributed by atoms with Crippen LogP contribution in [0.15, 0.2) is 47.6 Å². The van der Waals surface area contributed by atoms with Gasteiger partial charge in [0.25, 0.3) is 0 Å². The van der Waals surface area contributed by atoms with Crippen LogP contribution >= 0.6 is 23.4 Å². The highest BCUT2D eigenvalue weighted by molar-refractivity contribution is 8.00. The minimum atomic E-state index is -0.397. The first kappa shape index (κ1) is 20.2. The van der Waals surface area contributed by atoms with E-state index in [2.05, 4.69) is 15.5 Å². The molecule has 146 valence electrons. The number of hydrogen-bond donors (Lipinski definition) is 1. The van der Waals surface area contributed by atoms with Crippen LogP contribution < -0.4 is 10.1 Å². The number of para-hydroxylation sites is 1. The van der Waals surface area contributed by atoms with Crippen LogP contribution in [-0.4, -0.2) is 33.0 Å². The van der Waals surface area contributed by atoms with Gasteiger partial charge in [-0.3, -0.25) is 9.36 Å². The van der Waals surface area contributed by atoms with E-state index in [0.29, 0.717) is 21.6 Å². The summed E-state index contributed by atoms with van der Waals surface area (Å²) < 4.78 is 7.26. The van der Waals surface area contributed by atoms with E-state index in [-0.39, 0.29) is 5.91 Å². The Balaban J connectivity index is 1.79. The Hall–Kier alpha value is -2.51. The maximum Gasteiger partial charge on any atom is 0.237 e. The highest BCUT2D eigenvalue weighted by Gasteiger charge is 2.21. The van der Waals surface area contributed by atoms with Gasteiger partial charge in [-0.25, -0.2) is 0 Å². The van der Waals surface area contributed by atoms with Gasteiger partial charge in [0.1, 0.15) is 11.6 Å². The summed E-state index contributed by atoms with van der Waals surface area (Å²) in [6.45, 7) is 5.59. The lowest BCUT2D eigenvalue weighted by Gasteiger charge is -2.16. The number of rotatable bonds is 6. The number of anilines is 1. The highest BCUT2D eigenvalue weighted by Crippen LogP contribution is 2.32. The van der Waals surface area contributed by atoms with Crippen LogP contribution in [0.3, 0.4) is 0 Å². The van der Waals surface area contributed by atoms with Gasteiger partial charge in [0, 0.05) is 16.8 Å². The number of carbonyl (C=O) groups excluding carboxylic acids is 1. The largest absolute Gasteiger partial charge is 0.495 e. The average Bonchev–Trinajstić information content (AvgIpc) is 3.05. The number of hydrogen-bond acceptors (Lipinski definition) is 5. The third-order valence-electron chi connectivity index (χ3n) is 4.20. The van der Waals surface area contributed by atoms with E-state index in [1.54, 1.807) is 19.2 Å². The van der Waals surface area contributed by atoms with Crippen molar-refractivity contribution in [1.82, 2.24) is 14.8 Å². The zero-order chi connectivity index (χ0) is 20.3. The van der Waals surface area contributed by atoms with Gasteiger partial charge in [0.2, 0.25) is 5.91 Å². The maximum atomic E-state index is 12.8. The zero-order valence-corrected chi connectivity index (χ0v) is 17.6. The molecule has 0 saturated carbocycles.